The molecule has 2 aliphatic heterocycles. The highest BCUT2D eigenvalue weighted by molar-refractivity contribution is 7.86. The van der Waals surface area contributed by atoms with Gasteiger partial charge in [-0.15, -0.1) is 0 Å². The van der Waals surface area contributed by atoms with Crippen LogP contribution in [0.1, 0.15) is 25.7 Å². The SMILES string of the molecule is O=c1c2ccccc2cnn1CN1CCN(S(=O)(=O)N2CCCCCC2)CC1. The number of aromatic nitrogens is 2. The van der Waals surface area contributed by atoms with Gasteiger partial charge >= 0.3 is 0 Å². The highest BCUT2D eigenvalue weighted by Gasteiger charge is 2.32. The lowest BCUT2D eigenvalue weighted by atomic mass is 10.2. The van der Waals surface area contributed by atoms with Crippen molar-refractivity contribution in [2.45, 2.75) is 32.4 Å². The normalized spacial score (nSPS) is 21.0. The molecular formula is C19H27N5O3S. The maximum absolute atomic E-state index is 12.9. The fourth-order valence-electron chi connectivity index (χ4n) is 3.96. The standard InChI is InChI=1S/C19H27N5O3S/c25-19-18-8-4-3-7-17(18)15-20-24(19)16-21-11-13-23(14-12-21)28(26,27)22-9-5-1-2-6-10-22/h3-4,7-8,15H,1-2,5-6,9-14,16H2. The minimum atomic E-state index is -3.39. The van der Waals surface area contributed by atoms with E-state index in [0.29, 0.717) is 51.3 Å². The van der Waals surface area contributed by atoms with E-state index in [0.717, 1.165) is 31.1 Å². The molecule has 1 aromatic heterocycles. The monoisotopic (exact) mass is 405 g/mol. The Kier molecular flexibility index (Phi) is 5.77. The number of rotatable bonds is 4. The van der Waals surface area contributed by atoms with Gasteiger partial charge in [-0.25, -0.2) is 4.68 Å². The summed E-state index contributed by atoms with van der Waals surface area (Å²) >= 11 is 0. The third kappa shape index (κ3) is 3.98. The van der Waals surface area contributed by atoms with Gasteiger partial charge in [0.15, 0.2) is 0 Å². The minimum Gasteiger partial charge on any atom is -0.282 e. The molecule has 0 unspecified atom stereocenters. The van der Waals surface area contributed by atoms with Crippen LogP contribution in [0.15, 0.2) is 35.3 Å². The largest absolute Gasteiger partial charge is 0.282 e. The van der Waals surface area contributed by atoms with E-state index in [2.05, 4.69) is 10.00 Å². The Morgan fingerprint density at radius 1 is 0.857 bits per heavy atom. The first kappa shape index (κ1) is 19.5. The van der Waals surface area contributed by atoms with Crippen molar-refractivity contribution in [3.8, 4) is 0 Å². The van der Waals surface area contributed by atoms with Crippen LogP contribution in [-0.4, -0.2) is 71.0 Å². The molecule has 2 aliphatic rings. The van der Waals surface area contributed by atoms with Crippen LogP contribution in [0.3, 0.4) is 0 Å². The number of hydrogen-bond acceptors (Lipinski definition) is 5. The van der Waals surface area contributed by atoms with Crippen LogP contribution in [0.25, 0.3) is 10.8 Å². The predicted octanol–water partition coefficient (Wildman–Crippen LogP) is 1.09. The fraction of sp³-hybridized carbons (Fsp3) is 0.579. The van der Waals surface area contributed by atoms with Gasteiger partial charge in [0.25, 0.3) is 15.8 Å². The van der Waals surface area contributed by atoms with Crippen molar-refractivity contribution in [1.29, 1.82) is 0 Å². The summed E-state index contributed by atoms with van der Waals surface area (Å²) in [5.74, 6) is 0. The molecule has 8 nitrogen and oxygen atoms in total. The molecule has 0 amide bonds. The topological polar surface area (TPSA) is 78.8 Å². The van der Waals surface area contributed by atoms with Crippen LogP contribution in [0.5, 0.6) is 0 Å². The molecule has 2 saturated heterocycles. The van der Waals surface area contributed by atoms with Crippen molar-refractivity contribution >= 4 is 21.0 Å². The van der Waals surface area contributed by atoms with Crippen LogP contribution in [-0.2, 0) is 16.9 Å². The third-order valence-corrected chi connectivity index (χ3v) is 7.68. The molecule has 152 valence electrons. The van der Waals surface area contributed by atoms with Gasteiger partial charge in [0.05, 0.1) is 18.3 Å². The van der Waals surface area contributed by atoms with Crippen molar-refractivity contribution in [3.05, 3.63) is 40.8 Å². The van der Waals surface area contributed by atoms with Gasteiger partial charge in [-0.2, -0.15) is 22.1 Å². The summed E-state index contributed by atoms with van der Waals surface area (Å²) in [5, 5.41) is 5.76. The second-order valence-corrected chi connectivity index (χ2v) is 9.44. The van der Waals surface area contributed by atoms with E-state index >= 15 is 0 Å². The molecule has 0 atom stereocenters. The van der Waals surface area contributed by atoms with Crippen LogP contribution in [0.2, 0.25) is 0 Å². The summed E-state index contributed by atoms with van der Waals surface area (Å²) in [4.78, 5) is 14.7. The molecule has 28 heavy (non-hydrogen) atoms. The van der Waals surface area contributed by atoms with Crippen LogP contribution in [0, 0.1) is 0 Å². The molecular weight excluding hydrogens is 378 g/mol. The molecule has 0 bridgehead atoms. The van der Waals surface area contributed by atoms with E-state index in [1.165, 1.54) is 4.68 Å². The van der Waals surface area contributed by atoms with Crippen LogP contribution in [0.4, 0.5) is 0 Å². The Labute approximate surface area is 165 Å². The van der Waals surface area contributed by atoms with Gasteiger partial charge in [0.1, 0.15) is 0 Å². The molecule has 0 spiro atoms. The molecule has 1 aromatic carbocycles. The molecule has 4 rings (SSSR count). The zero-order valence-electron chi connectivity index (χ0n) is 16.0. The first-order chi connectivity index (χ1) is 13.6. The lowest BCUT2D eigenvalue weighted by Gasteiger charge is -2.36. The molecule has 3 heterocycles. The van der Waals surface area contributed by atoms with Crippen molar-refractivity contribution in [3.63, 3.8) is 0 Å². The quantitative estimate of drug-likeness (QED) is 0.761. The summed E-state index contributed by atoms with van der Waals surface area (Å²) in [7, 11) is -3.39. The lowest BCUT2D eigenvalue weighted by Crippen LogP contribution is -2.53. The molecule has 0 radical (unpaired) electrons. The highest BCUT2D eigenvalue weighted by Crippen LogP contribution is 2.18. The van der Waals surface area contributed by atoms with Crippen molar-refractivity contribution in [2.24, 2.45) is 0 Å². The molecule has 2 fully saturated rings. The first-order valence-corrected chi connectivity index (χ1v) is 11.4. The minimum absolute atomic E-state index is 0.113. The number of piperazine rings is 1. The maximum Gasteiger partial charge on any atom is 0.282 e. The average Bonchev–Trinajstić information content (AvgIpc) is 3.01. The van der Waals surface area contributed by atoms with Crippen LogP contribution >= 0.6 is 0 Å². The summed E-state index contributed by atoms with van der Waals surface area (Å²) in [5.41, 5.74) is -0.113. The second kappa shape index (κ2) is 8.28. The fourth-order valence-corrected chi connectivity index (χ4v) is 5.63. The molecule has 0 aliphatic carbocycles. The Morgan fingerprint density at radius 2 is 1.50 bits per heavy atom. The Bertz CT molecular complexity index is 974. The summed E-state index contributed by atoms with van der Waals surface area (Å²) in [6.07, 6.45) is 5.79. The van der Waals surface area contributed by atoms with Crippen molar-refractivity contribution in [1.82, 2.24) is 23.3 Å². The summed E-state index contributed by atoms with van der Waals surface area (Å²) < 4.78 is 30.5. The Balaban J connectivity index is 1.40. The van der Waals surface area contributed by atoms with E-state index in [1.54, 1.807) is 14.8 Å². The van der Waals surface area contributed by atoms with Gasteiger partial charge in [-0.3, -0.25) is 9.69 Å². The highest BCUT2D eigenvalue weighted by atomic mass is 32.2. The molecule has 0 saturated carbocycles. The third-order valence-electron chi connectivity index (χ3n) is 5.64. The smallest absolute Gasteiger partial charge is 0.282 e. The summed E-state index contributed by atoms with van der Waals surface area (Å²) in [6.45, 7) is 3.70. The number of nitrogens with zero attached hydrogens (tertiary/aromatic N) is 5. The zero-order chi connectivity index (χ0) is 19.6. The lowest BCUT2D eigenvalue weighted by molar-refractivity contribution is 0.139. The first-order valence-electron chi connectivity index (χ1n) is 9.98. The van der Waals surface area contributed by atoms with E-state index < -0.39 is 10.2 Å². The number of benzene rings is 1. The predicted molar refractivity (Wildman–Crippen MR) is 108 cm³/mol. The van der Waals surface area contributed by atoms with E-state index in [4.69, 9.17) is 0 Å². The number of hydrogen-bond donors (Lipinski definition) is 0. The second-order valence-electron chi connectivity index (χ2n) is 7.52. The van der Waals surface area contributed by atoms with E-state index in [-0.39, 0.29) is 5.56 Å². The van der Waals surface area contributed by atoms with Gasteiger partial charge in [-0.1, -0.05) is 31.0 Å². The van der Waals surface area contributed by atoms with Crippen molar-refractivity contribution in [2.75, 3.05) is 39.3 Å². The molecule has 9 heteroatoms. The Morgan fingerprint density at radius 3 is 2.21 bits per heavy atom. The van der Waals surface area contributed by atoms with Gasteiger partial charge in [0, 0.05) is 44.7 Å². The molecule has 2 aromatic rings. The van der Waals surface area contributed by atoms with Gasteiger partial charge < -0.3 is 0 Å². The van der Waals surface area contributed by atoms with Gasteiger partial charge in [-0.05, 0) is 18.9 Å². The van der Waals surface area contributed by atoms with E-state index in [1.807, 2.05) is 24.3 Å². The summed E-state index contributed by atoms with van der Waals surface area (Å²) in [6, 6.07) is 7.42. The zero-order valence-corrected chi connectivity index (χ0v) is 16.9. The molecule has 0 N–H and O–H groups in total. The van der Waals surface area contributed by atoms with Crippen molar-refractivity contribution < 1.29 is 8.42 Å². The average molecular weight is 406 g/mol. The Hall–Kier alpha value is -1.81. The van der Waals surface area contributed by atoms with Crippen LogP contribution < -0.4 is 5.56 Å². The van der Waals surface area contributed by atoms with Gasteiger partial charge in [0.2, 0.25) is 0 Å². The number of fused-ring (bicyclic) bond motifs is 1. The van der Waals surface area contributed by atoms with E-state index in [9.17, 15) is 13.2 Å². The maximum atomic E-state index is 12.9.